The van der Waals surface area contributed by atoms with E-state index in [2.05, 4.69) is 36.9 Å². The Morgan fingerprint density at radius 2 is 1.43 bits per heavy atom. The van der Waals surface area contributed by atoms with Crippen LogP contribution < -0.4 is 60.6 Å². The van der Waals surface area contributed by atoms with E-state index in [0.717, 1.165) is 6.42 Å². The third kappa shape index (κ3) is 18.7. The molecule has 27 heteroatoms. The molecule has 3 aliphatic heterocycles. The Kier molecular flexibility index (Phi) is 21.4. The fourth-order valence-corrected chi connectivity index (χ4v) is 6.31. The summed E-state index contributed by atoms with van der Waals surface area (Å²) >= 11 is 0. The molecule has 2 saturated heterocycles. The van der Waals surface area contributed by atoms with Crippen molar-refractivity contribution in [2.24, 2.45) is 33.7 Å². The molecule has 0 bridgehead atoms. The number of aliphatic imine (C=N–C) groups is 1. The summed E-state index contributed by atoms with van der Waals surface area (Å²) < 4.78 is 42.4. The highest BCUT2D eigenvalue weighted by molar-refractivity contribution is 7.79. The van der Waals surface area contributed by atoms with Crippen LogP contribution in [0.2, 0.25) is 0 Å². The monoisotopic (exact) mass is 856 g/mol. The van der Waals surface area contributed by atoms with E-state index in [-0.39, 0.29) is 49.6 Å². The van der Waals surface area contributed by atoms with Gasteiger partial charge in [-0.1, -0.05) is 0 Å². The van der Waals surface area contributed by atoms with Gasteiger partial charge < -0.3 is 85.4 Å². The van der Waals surface area contributed by atoms with Gasteiger partial charge in [-0.25, -0.2) is 9.79 Å². The molecule has 0 aliphatic carbocycles. The summed E-state index contributed by atoms with van der Waals surface area (Å²) in [5.41, 5.74) is 28.8. The largest absolute Gasteiger partial charge is 0.441 e. The minimum absolute atomic E-state index is 0.0174. The van der Waals surface area contributed by atoms with Crippen molar-refractivity contribution in [2.75, 3.05) is 32.8 Å². The van der Waals surface area contributed by atoms with E-state index in [9.17, 15) is 39.3 Å². The molecule has 0 saturated carbocycles. The smallest absolute Gasteiger partial charge is 0.404 e. The number of piperidine rings is 1. The van der Waals surface area contributed by atoms with Crippen molar-refractivity contribution in [1.82, 2.24) is 31.9 Å². The van der Waals surface area contributed by atoms with Gasteiger partial charge in [-0.3, -0.25) is 28.3 Å². The summed E-state index contributed by atoms with van der Waals surface area (Å²) in [6.07, 6.45) is -4.27. The minimum Gasteiger partial charge on any atom is -0.441 e. The molecule has 58 heavy (non-hydrogen) atoms. The maximum Gasteiger partial charge on any atom is 0.404 e. The van der Waals surface area contributed by atoms with Gasteiger partial charge in [-0.15, -0.1) is 0 Å². The molecular weight excluding hydrogens is 796 g/mol. The van der Waals surface area contributed by atoms with E-state index in [1.807, 2.05) is 0 Å². The number of amides is 5. The van der Waals surface area contributed by atoms with Crippen LogP contribution in [-0.4, -0.2) is 168 Å². The quantitative estimate of drug-likeness (QED) is 0.0377. The Bertz CT molecular complexity index is 1490. The van der Waals surface area contributed by atoms with E-state index in [1.165, 1.54) is 0 Å². The zero-order valence-corrected chi connectivity index (χ0v) is 32.7. The zero-order valence-electron chi connectivity index (χ0n) is 31.9. The second-order valence-electron chi connectivity index (χ2n) is 14.1. The first-order valence-corrected chi connectivity index (χ1v) is 20.1. The van der Waals surface area contributed by atoms with Crippen molar-refractivity contribution in [1.29, 1.82) is 0 Å². The van der Waals surface area contributed by atoms with Crippen molar-refractivity contribution < 1.29 is 66.3 Å². The summed E-state index contributed by atoms with van der Waals surface area (Å²) in [6, 6.07) is -4.24. The lowest BCUT2D eigenvalue weighted by Gasteiger charge is -2.44. The predicted octanol–water partition coefficient (Wildman–Crippen LogP) is -7.18. The number of nitrogens with two attached hydrogens (primary N) is 5. The second kappa shape index (κ2) is 24.8. The Morgan fingerprint density at radius 3 is 1.91 bits per heavy atom. The first-order valence-electron chi connectivity index (χ1n) is 18.7. The van der Waals surface area contributed by atoms with E-state index < -0.39 is 95.8 Å². The molecule has 0 aromatic carbocycles. The zero-order chi connectivity index (χ0) is 43.6. The summed E-state index contributed by atoms with van der Waals surface area (Å²) in [6.45, 7) is 0.570. The maximum absolute atomic E-state index is 13.1. The van der Waals surface area contributed by atoms with Crippen molar-refractivity contribution in [2.45, 2.75) is 125 Å². The molecule has 5 amide bonds. The molecule has 6 unspecified atom stereocenters. The molecule has 3 rings (SSSR count). The molecule has 2 fully saturated rings. The highest BCUT2D eigenvalue weighted by Gasteiger charge is 2.49. The summed E-state index contributed by atoms with van der Waals surface area (Å²) in [7, 11) is -4.67. The Morgan fingerprint density at radius 1 is 0.914 bits per heavy atom. The number of nitrogens with one attached hydrogen (secondary N) is 6. The van der Waals surface area contributed by atoms with Crippen LogP contribution in [0.1, 0.15) is 57.8 Å². The van der Waals surface area contributed by atoms with Gasteiger partial charge >= 0.3 is 16.5 Å². The number of fused-ring (bicyclic) bond motifs is 1. The number of β-amino-alcohol motifs (C(OH)–C–C–N with tert-alkyl or cyclic N) is 1. The van der Waals surface area contributed by atoms with E-state index >= 15 is 0 Å². The van der Waals surface area contributed by atoms with E-state index in [0.29, 0.717) is 51.7 Å². The molecule has 334 valence electrons. The van der Waals surface area contributed by atoms with Crippen molar-refractivity contribution >= 4 is 46.1 Å². The number of hydrogen-bond acceptors (Lipinski definition) is 19. The Balaban J connectivity index is 0.00000218. The topological polar surface area (TPSA) is 454 Å². The number of guanidine groups is 1. The van der Waals surface area contributed by atoms with Crippen LogP contribution in [0.5, 0.6) is 0 Å². The summed E-state index contributed by atoms with van der Waals surface area (Å²) in [4.78, 5) is 65.5. The normalized spacial score (nSPS) is 26.8. The van der Waals surface area contributed by atoms with Gasteiger partial charge in [0.1, 0.15) is 18.2 Å². The number of primary amides is 1. The molecule has 3 aliphatic rings. The van der Waals surface area contributed by atoms with Gasteiger partial charge in [0.05, 0.1) is 18.8 Å². The molecule has 0 radical (unpaired) electrons. The highest BCUT2D eigenvalue weighted by Crippen LogP contribution is 2.24. The molecular formula is C31H60N12O14S. The van der Waals surface area contributed by atoms with E-state index in [1.54, 1.807) is 0 Å². The van der Waals surface area contributed by atoms with Gasteiger partial charge in [-0.2, -0.15) is 8.42 Å². The van der Waals surface area contributed by atoms with Crippen LogP contribution in [0, 0.1) is 0 Å². The third-order valence-electron chi connectivity index (χ3n) is 9.11. The average molecular weight is 857 g/mol. The lowest BCUT2D eigenvalue weighted by atomic mass is 9.95. The van der Waals surface area contributed by atoms with Gasteiger partial charge in [0.2, 0.25) is 23.6 Å². The molecule has 11 atom stereocenters. The predicted molar refractivity (Wildman–Crippen MR) is 203 cm³/mol. The van der Waals surface area contributed by atoms with Crippen LogP contribution in [0.4, 0.5) is 4.79 Å². The number of aliphatic hydroxyl groups excluding tert-OH is 3. The van der Waals surface area contributed by atoms with Gasteiger partial charge in [0.25, 0.3) is 0 Å². The van der Waals surface area contributed by atoms with Crippen molar-refractivity contribution in [3.05, 3.63) is 0 Å². The fourth-order valence-electron chi connectivity index (χ4n) is 6.31. The van der Waals surface area contributed by atoms with Crippen LogP contribution in [0.25, 0.3) is 0 Å². The fraction of sp³-hybridized carbons (Fsp3) is 0.806. The number of ether oxygens (including phenoxy) is 2. The van der Waals surface area contributed by atoms with Gasteiger partial charge in [-0.05, 0) is 45.1 Å². The van der Waals surface area contributed by atoms with Crippen LogP contribution in [0.15, 0.2) is 4.99 Å². The maximum atomic E-state index is 13.1. The lowest BCUT2D eigenvalue weighted by molar-refractivity contribution is -0.198. The summed E-state index contributed by atoms with van der Waals surface area (Å²) in [5, 5.41) is 47.9. The van der Waals surface area contributed by atoms with Gasteiger partial charge in [0, 0.05) is 57.0 Å². The van der Waals surface area contributed by atoms with Crippen molar-refractivity contribution in [3.8, 4) is 0 Å². The van der Waals surface area contributed by atoms with E-state index in [4.69, 9.17) is 55.7 Å². The molecule has 0 aromatic heterocycles. The average Bonchev–Trinajstić information content (AvgIpc) is 3.56. The number of hydrogen-bond donors (Lipinski definition) is 16. The number of aliphatic hydroxyl groups is 3. The lowest BCUT2D eigenvalue weighted by Crippen LogP contribution is -2.70. The number of nitrogens with zero attached hydrogens (tertiary/aromatic N) is 1. The minimum atomic E-state index is -4.67. The third-order valence-corrected chi connectivity index (χ3v) is 9.11. The van der Waals surface area contributed by atoms with Crippen LogP contribution in [-0.2, 0) is 39.1 Å². The molecule has 26 nitrogen and oxygen atoms in total. The highest BCUT2D eigenvalue weighted by atomic mass is 32.3. The standard InChI is InChI=1S/C31H58N12O10.H2O4S/c32-7-1-4-15(33)10-20(46)37-8-2-5-16(34)11-21(47)38-9-3-6-17(35)12-22(48)40-25-26(49)27(53-30(36)51)19(14-44)52-29(25)43-31-41-23-18(45)13-39-28(50)24(23)42-31;1-5(2,3)4/h15-19,23-27,29,44-45,49H,1-14,32-35H2,(H2,36,51)(H,37,46)(H,38,47)(H,39,50)(H,40,48)(H2,41,42,43);(H2,1,2,3,4)/t15?,16?,17?,18?,19-,23?,24?,25-,26+,27+,29-;/m1./s1. The van der Waals surface area contributed by atoms with Crippen LogP contribution in [0.3, 0.4) is 0 Å². The first-order chi connectivity index (χ1) is 27.2. The molecule has 21 N–H and O–H groups in total. The number of carbonyl (C=O) groups is 5. The number of rotatable bonds is 21. The SMILES string of the molecule is NCCCC(N)CC(=O)NCCCC(N)CC(=O)NCCCC(N)CC(=O)N[C@@H]1[C@H](O)[C@@H](OC(N)=O)[C@@H](CO)O[C@H]1NC1=NC2C(=O)NCC(O)C2N1.O=S(=O)(O)O. The van der Waals surface area contributed by atoms with Crippen LogP contribution >= 0.6 is 0 Å². The molecule has 3 heterocycles. The Labute approximate surface area is 335 Å². The molecule has 0 aromatic rings. The Hall–Kier alpha value is -4.03. The molecule has 0 spiro atoms. The van der Waals surface area contributed by atoms with Crippen molar-refractivity contribution in [3.63, 3.8) is 0 Å². The van der Waals surface area contributed by atoms with Gasteiger partial charge in [0.15, 0.2) is 24.3 Å². The number of carbonyl (C=O) groups excluding carboxylic acids is 5. The first kappa shape index (κ1) is 50.1. The summed E-state index contributed by atoms with van der Waals surface area (Å²) in [5.74, 6) is -1.36. The second-order valence-corrected chi connectivity index (χ2v) is 15.0.